The second-order valence-electron chi connectivity index (χ2n) is 4.67. The lowest BCUT2D eigenvalue weighted by Crippen LogP contribution is -2.01. The molecule has 98 valence electrons. The molecule has 0 bridgehead atoms. The third-order valence-electron chi connectivity index (χ3n) is 3.26. The third kappa shape index (κ3) is 2.54. The molecule has 0 spiro atoms. The Morgan fingerprint density at radius 2 is 1.85 bits per heavy atom. The van der Waals surface area contributed by atoms with Crippen LogP contribution in [0.3, 0.4) is 0 Å². The van der Waals surface area contributed by atoms with Crippen LogP contribution < -0.4 is 0 Å². The molecular formula is C18H15NO. The zero-order chi connectivity index (χ0) is 13.8. The number of carbonyl (C=O) groups is 1. The molecule has 1 aliphatic rings. The van der Waals surface area contributed by atoms with Gasteiger partial charge in [-0.2, -0.15) is 0 Å². The van der Waals surface area contributed by atoms with Crippen LogP contribution in [0, 0.1) is 0 Å². The molecule has 3 rings (SSSR count). The van der Waals surface area contributed by atoms with Crippen LogP contribution in [-0.2, 0) is 0 Å². The number of nitrogens with one attached hydrogen (secondary N) is 1. The van der Waals surface area contributed by atoms with Gasteiger partial charge in [0.25, 0.3) is 0 Å². The van der Waals surface area contributed by atoms with E-state index in [-0.39, 0.29) is 5.78 Å². The van der Waals surface area contributed by atoms with Gasteiger partial charge in [0.15, 0.2) is 0 Å². The molecule has 0 unspecified atom stereocenters. The predicted octanol–water partition coefficient (Wildman–Crippen LogP) is 4.15. The van der Waals surface area contributed by atoms with E-state index in [0.29, 0.717) is 11.3 Å². The van der Waals surface area contributed by atoms with Gasteiger partial charge in [-0.1, -0.05) is 60.7 Å². The second-order valence-corrected chi connectivity index (χ2v) is 4.67. The van der Waals surface area contributed by atoms with Gasteiger partial charge in [-0.25, -0.2) is 0 Å². The fourth-order valence-corrected chi connectivity index (χ4v) is 2.20. The van der Waals surface area contributed by atoms with Crippen LogP contribution in [0.4, 0.5) is 0 Å². The third-order valence-corrected chi connectivity index (χ3v) is 3.26. The number of rotatable bonds is 3. The molecule has 0 atom stereocenters. The van der Waals surface area contributed by atoms with Crippen LogP contribution >= 0.6 is 0 Å². The van der Waals surface area contributed by atoms with Gasteiger partial charge in [-0.3, -0.25) is 4.79 Å². The molecule has 0 aliphatic heterocycles. The summed E-state index contributed by atoms with van der Waals surface area (Å²) in [6.07, 6.45) is 11.3. The smallest absolute Gasteiger partial charge is 0.209 e. The van der Waals surface area contributed by atoms with Crippen LogP contribution in [-0.4, -0.2) is 10.8 Å². The number of carbonyl (C=O) groups excluding carboxylic acids is 1. The summed E-state index contributed by atoms with van der Waals surface area (Å²) in [4.78, 5) is 15.5. The van der Waals surface area contributed by atoms with Crippen molar-refractivity contribution in [1.82, 2.24) is 4.98 Å². The molecular weight excluding hydrogens is 246 g/mol. The Morgan fingerprint density at radius 3 is 2.70 bits per heavy atom. The Balaban J connectivity index is 1.89. The Hall–Kier alpha value is -2.61. The standard InChI is InChI=1S/C18H15NO/c20-18(15-10-6-3-7-11-15)17-13-12-16(19-17)14-8-4-1-2-5-9-14/h1,3-13,19H,2H2. The summed E-state index contributed by atoms with van der Waals surface area (Å²) in [6.45, 7) is 0. The van der Waals surface area contributed by atoms with Crippen molar-refractivity contribution in [3.63, 3.8) is 0 Å². The van der Waals surface area contributed by atoms with Gasteiger partial charge in [0, 0.05) is 11.3 Å². The average Bonchev–Trinajstić information content (AvgIpc) is 2.83. The first-order valence-corrected chi connectivity index (χ1v) is 6.67. The first-order chi connectivity index (χ1) is 9.84. The van der Waals surface area contributed by atoms with Gasteiger partial charge < -0.3 is 4.98 Å². The number of H-pyrrole nitrogens is 1. The largest absolute Gasteiger partial charge is 0.352 e. The van der Waals surface area contributed by atoms with E-state index in [1.807, 2.05) is 54.6 Å². The van der Waals surface area contributed by atoms with E-state index >= 15 is 0 Å². The molecule has 2 heteroatoms. The number of hydrogen-bond acceptors (Lipinski definition) is 1. The SMILES string of the molecule is O=C(c1ccccc1)c1ccc(C2=CC=CCC=C2)[nH]1. The van der Waals surface area contributed by atoms with Crippen molar-refractivity contribution in [2.75, 3.05) is 0 Å². The summed E-state index contributed by atoms with van der Waals surface area (Å²) in [5.74, 6) is 0.0191. The number of aromatic amines is 1. The van der Waals surface area contributed by atoms with Crippen molar-refractivity contribution in [1.29, 1.82) is 0 Å². The van der Waals surface area contributed by atoms with E-state index < -0.39 is 0 Å². The first-order valence-electron chi connectivity index (χ1n) is 6.67. The highest BCUT2D eigenvalue weighted by atomic mass is 16.1. The Morgan fingerprint density at radius 1 is 1.00 bits per heavy atom. The Kier molecular flexibility index (Phi) is 3.46. The van der Waals surface area contributed by atoms with E-state index in [2.05, 4.69) is 23.2 Å². The van der Waals surface area contributed by atoms with E-state index in [1.54, 1.807) is 0 Å². The van der Waals surface area contributed by atoms with Crippen LogP contribution in [0.1, 0.15) is 28.2 Å². The van der Waals surface area contributed by atoms with Crippen LogP contribution in [0.15, 0.2) is 72.8 Å². The maximum absolute atomic E-state index is 12.3. The van der Waals surface area contributed by atoms with E-state index in [9.17, 15) is 4.79 Å². The summed E-state index contributed by atoms with van der Waals surface area (Å²) in [5, 5.41) is 0. The van der Waals surface area contributed by atoms with E-state index in [4.69, 9.17) is 0 Å². The molecule has 2 nitrogen and oxygen atoms in total. The zero-order valence-corrected chi connectivity index (χ0v) is 11.0. The maximum atomic E-state index is 12.3. The van der Waals surface area contributed by atoms with Crippen molar-refractivity contribution >= 4 is 11.4 Å². The molecule has 2 aromatic rings. The first kappa shape index (κ1) is 12.4. The van der Waals surface area contributed by atoms with Gasteiger partial charge in [0.2, 0.25) is 5.78 Å². The predicted molar refractivity (Wildman–Crippen MR) is 81.5 cm³/mol. The van der Waals surface area contributed by atoms with E-state index in [0.717, 1.165) is 17.7 Å². The van der Waals surface area contributed by atoms with Crippen LogP contribution in [0.25, 0.3) is 5.57 Å². The van der Waals surface area contributed by atoms with Gasteiger partial charge in [-0.05, 0) is 24.1 Å². The Labute approximate surface area is 118 Å². The normalized spacial score (nSPS) is 13.9. The van der Waals surface area contributed by atoms with Crippen molar-refractivity contribution < 1.29 is 4.79 Å². The molecule has 1 N–H and O–H groups in total. The van der Waals surface area contributed by atoms with Crippen molar-refractivity contribution in [3.8, 4) is 0 Å². The van der Waals surface area contributed by atoms with Gasteiger partial charge in [0.05, 0.1) is 5.69 Å². The minimum atomic E-state index is 0.0191. The molecule has 20 heavy (non-hydrogen) atoms. The Bertz CT molecular complexity index is 702. The van der Waals surface area contributed by atoms with Crippen molar-refractivity contribution in [2.45, 2.75) is 6.42 Å². The average molecular weight is 261 g/mol. The fraction of sp³-hybridized carbons (Fsp3) is 0.0556. The van der Waals surface area contributed by atoms with Crippen molar-refractivity contribution in [2.24, 2.45) is 0 Å². The number of aromatic nitrogens is 1. The lowest BCUT2D eigenvalue weighted by Gasteiger charge is -1.99. The molecule has 1 aliphatic carbocycles. The number of hydrogen-bond donors (Lipinski definition) is 1. The lowest BCUT2D eigenvalue weighted by atomic mass is 10.1. The number of allylic oxidation sites excluding steroid dienone is 6. The summed E-state index contributed by atoms with van der Waals surface area (Å²) < 4.78 is 0. The molecule has 0 radical (unpaired) electrons. The van der Waals surface area contributed by atoms with Gasteiger partial charge in [0.1, 0.15) is 0 Å². The van der Waals surface area contributed by atoms with Crippen molar-refractivity contribution in [3.05, 3.63) is 89.8 Å². The molecule has 0 fully saturated rings. The summed E-state index contributed by atoms with van der Waals surface area (Å²) in [7, 11) is 0. The number of ketones is 1. The molecule has 0 saturated carbocycles. The lowest BCUT2D eigenvalue weighted by molar-refractivity contribution is 0.103. The highest BCUT2D eigenvalue weighted by Gasteiger charge is 2.11. The highest BCUT2D eigenvalue weighted by Crippen LogP contribution is 2.19. The zero-order valence-electron chi connectivity index (χ0n) is 11.0. The summed E-state index contributed by atoms with van der Waals surface area (Å²) in [6, 6.07) is 13.1. The fourth-order valence-electron chi connectivity index (χ4n) is 2.20. The second kappa shape index (κ2) is 5.57. The molecule has 1 aromatic heterocycles. The number of benzene rings is 1. The molecule has 0 saturated heterocycles. The van der Waals surface area contributed by atoms with E-state index in [1.165, 1.54) is 0 Å². The highest BCUT2D eigenvalue weighted by molar-refractivity contribution is 6.08. The monoisotopic (exact) mass is 261 g/mol. The minimum absolute atomic E-state index is 0.0191. The molecule has 0 amide bonds. The van der Waals surface area contributed by atoms with Crippen LogP contribution in [0.2, 0.25) is 0 Å². The van der Waals surface area contributed by atoms with Gasteiger partial charge in [-0.15, -0.1) is 0 Å². The quantitative estimate of drug-likeness (QED) is 0.827. The molecule has 1 heterocycles. The van der Waals surface area contributed by atoms with Gasteiger partial charge >= 0.3 is 0 Å². The topological polar surface area (TPSA) is 32.9 Å². The van der Waals surface area contributed by atoms with Crippen LogP contribution in [0.5, 0.6) is 0 Å². The minimum Gasteiger partial charge on any atom is -0.352 e. The maximum Gasteiger partial charge on any atom is 0.209 e. The summed E-state index contributed by atoms with van der Waals surface area (Å²) >= 11 is 0. The molecule has 1 aromatic carbocycles. The summed E-state index contributed by atoms with van der Waals surface area (Å²) in [5.41, 5.74) is 3.37.